The summed E-state index contributed by atoms with van der Waals surface area (Å²) in [4.78, 5) is 0. The maximum Gasteiger partial charge on any atom is 0.140 e. The molecular formula is C16H14O4P2. The minimum atomic E-state index is -0.835. The summed E-state index contributed by atoms with van der Waals surface area (Å²) in [5.74, 6) is 0. The van der Waals surface area contributed by atoms with E-state index in [1.165, 1.54) is 0 Å². The first-order chi connectivity index (χ1) is 10.8. The van der Waals surface area contributed by atoms with Gasteiger partial charge in [-0.05, 0) is 48.5 Å². The van der Waals surface area contributed by atoms with Crippen LogP contribution in [-0.2, 0) is 0 Å². The summed E-state index contributed by atoms with van der Waals surface area (Å²) in [5, 5.41) is 0. The molecule has 6 heteroatoms. The molecule has 112 valence electrons. The van der Waals surface area contributed by atoms with Crippen LogP contribution < -0.4 is 22.0 Å². The summed E-state index contributed by atoms with van der Waals surface area (Å²) >= 11 is 0. The van der Waals surface area contributed by atoms with Crippen molar-refractivity contribution >= 4 is 39.2 Å². The summed E-state index contributed by atoms with van der Waals surface area (Å²) in [5.41, 5.74) is 3.51. The smallest absolute Gasteiger partial charge is 0.140 e. The van der Waals surface area contributed by atoms with E-state index >= 15 is 0 Å². The van der Waals surface area contributed by atoms with E-state index < -0.39 is 7.92 Å². The lowest BCUT2D eigenvalue weighted by Gasteiger charge is -2.08. The first-order valence-electron chi connectivity index (χ1n) is 6.54. The molecular weight excluding hydrogens is 318 g/mol. The van der Waals surface area contributed by atoms with E-state index in [1.807, 2.05) is 48.5 Å². The van der Waals surface area contributed by atoms with Crippen LogP contribution in [0.5, 0.6) is 0 Å². The highest BCUT2D eigenvalue weighted by Crippen LogP contribution is 2.32. The molecule has 0 amide bonds. The molecule has 1 atom stereocenters. The van der Waals surface area contributed by atoms with E-state index in [4.69, 9.17) is 17.7 Å². The van der Waals surface area contributed by atoms with Crippen LogP contribution in [0.4, 0.5) is 0 Å². The van der Waals surface area contributed by atoms with Crippen molar-refractivity contribution in [3.05, 3.63) is 73.6 Å². The highest BCUT2D eigenvalue weighted by molar-refractivity contribution is 7.78. The Morgan fingerprint density at radius 3 is 1.23 bits per heavy atom. The van der Waals surface area contributed by atoms with E-state index in [-0.39, 0.29) is 0 Å². The standard InChI is InChI=1S/C12H9O3P.C4H5OP/c1-4-10(13-7-1)16(11-5-2-8-14-11)12-6-3-9-15-12;6-4-2-1-3-5-4/h1-9H;1-3H,6H2. The van der Waals surface area contributed by atoms with Gasteiger partial charge in [-0.3, -0.25) is 0 Å². The van der Waals surface area contributed by atoms with E-state index in [2.05, 4.69) is 9.24 Å². The maximum atomic E-state index is 5.45. The van der Waals surface area contributed by atoms with E-state index in [9.17, 15) is 0 Å². The minimum Gasteiger partial charge on any atom is -0.465 e. The Balaban J connectivity index is 0.000000202. The predicted molar refractivity (Wildman–Crippen MR) is 90.0 cm³/mol. The fourth-order valence-electron chi connectivity index (χ4n) is 1.81. The van der Waals surface area contributed by atoms with Crippen LogP contribution in [0.1, 0.15) is 0 Å². The predicted octanol–water partition coefficient (Wildman–Crippen LogP) is 3.00. The molecule has 4 rings (SSSR count). The van der Waals surface area contributed by atoms with Gasteiger partial charge in [-0.25, -0.2) is 0 Å². The van der Waals surface area contributed by atoms with Gasteiger partial charge in [0.15, 0.2) is 0 Å². The number of hydrogen-bond donors (Lipinski definition) is 0. The zero-order valence-electron chi connectivity index (χ0n) is 11.6. The lowest BCUT2D eigenvalue weighted by atomic mass is 10.7. The van der Waals surface area contributed by atoms with Gasteiger partial charge in [0.05, 0.1) is 25.1 Å². The molecule has 0 saturated carbocycles. The molecule has 0 saturated heterocycles. The highest BCUT2D eigenvalue weighted by Gasteiger charge is 2.24. The Morgan fingerprint density at radius 2 is 1.00 bits per heavy atom. The van der Waals surface area contributed by atoms with Gasteiger partial charge in [-0.2, -0.15) is 0 Å². The van der Waals surface area contributed by atoms with Crippen molar-refractivity contribution in [1.82, 2.24) is 0 Å². The fraction of sp³-hybridized carbons (Fsp3) is 0. The third kappa shape index (κ3) is 3.59. The minimum absolute atomic E-state index is 0.835. The normalized spacial score (nSPS) is 10.5. The van der Waals surface area contributed by atoms with Gasteiger partial charge in [0.2, 0.25) is 0 Å². The summed E-state index contributed by atoms with van der Waals surface area (Å²) in [6.45, 7) is 0. The Labute approximate surface area is 131 Å². The Bertz CT molecular complexity index is 660. The third-order valence-electron chi connectivity index (χ3n) is 2.72. The third-order valence-corrected chi connectivity index (χ3v) is 5.14. The van der Waals surface area contributed by atoms with Gasteiger partial charge in [-0.15, -0.1) is 0 Å². The van der Waals surface area contributed by atoms with Gasteiger partial charge >= 0.3 is 0 Å². The Morgan fingerprint density at radius 1 is 0.591 bits per heavy atom. The van der Waals surface area contributed by atoms with Gasteiger partial charge < -0.3 is 17.7 Å². The molecule has 0 spiro atoms. The lowest BCUT2D eigenvalue weighted by Crippen LogP contribution is -2.17. The molecule has 0 radical (unpaired) electrons. The molecule has 4 aromatic rings. The maximum absolute atomic E-state index is 5.45. The molecule has 0 aliphatic rings. The highest BCUT2D eigenvalue weighted by atomic mass is 31.1. The van der Waals surface area contributed by atoms with E-state index in [1.54, 1.807) is 25.1 Å². The van der Waals surface area contributed by atoms with Crippen molar-refractivity contribution < 1.29 is 17.7 Å². The largest absolute Gasteiger partial charge is 0.465 e. The monoisotopic (exact) mass is 332 g/mol. The molecule has 4 aromatic heterocycles. The van der Waals surface area contributed by atoms with Crippen LogP contribution in [0, 0.1) is 0 Å². The van der Waals surface area contributed by atoms with E-state index in [0.29, 0.717) is 0 Å². The molecule has 0 aromatic carbocycles. The Kier molecular flexibility index (Phi) is 4.95. The first-order valence-corrected chi connectivity index (χ1v) is 8.46. The molecule has 4 nitrogen and oxygen atoms in total. The molecule has 0 N–H and O–H groups in total. The SMILES string of the molecule is Pc1ccco1.c1coc(P(c2ccco2)c2ccco2)c1. The van der Waals surface area contributed by atoms with E-state index in [0.717, 1.165) is 22.0 Å². The van der Waals surface area contributed by atoms with Crippen LogP contribution >= 0.6 is 17.2 Å². The second-order valence-electron chi connectivity index (χ2n) is 4.20. The van der Waals surface area contributed by atoms with Crippen LogP contribution in [-0.4, -0.2) is 0 Å². The van der Waals surface area contributed by atoms with Crippen molar-refractivity contribution in [2.75, 3.05) is 0 Å². The molecule has 22 heavy (non-hydrogen) atoms. The average Bonchev–Trinajstić information content (AvgIpc) is 3.32. The van der Waals surface area contributed by atoms with Gasteiger partial charge in [0, 0.05) is 0 Å². The zero-order chi connectivity index (χ0) is 15.2. The van der Waals surface area contributed by atoms with Crippen molar-refractivity contribution in [2.24, 2.45) is 0 Å². The fourth-order valence-corrected chi connectivity index (χ4v) is 3.85. The summed E-state index contributed by atoms with van der Waals surface area (Å²) in [6.07, 6.45) is 6.63. The number of furan rings is 4. The lowest BCUT2D eigenvalue weighted by molar-refractivity contribution is 0.584. The average molecular weight is 332 g/mol. The Hall–Kier alpha value is -2.02. The molecule has 1 unspecified atom stereocenters. The van der Waals surface area contributed by atoms with Gasteiger partial charge in [-0.1, -0.05) is 9.24 Å². The van der Waals surface area contributed by atoms with Crippen molar-refractivity contribution in [3.8, 4) is 0 Å². The topological polar surface area (TPSA) is 52.6 Å². The van der Waals surface area contributed by atoms with Gasteiger partial charge in [0.25, 0.3) is 0 Å². The van der Waals surface area contributed by atoms with Crippen molar-refractivity contribution in [1.29, 1.82) is 0 Å². The number of hydrogen-bond acceptors (Lipinski definition) is 4. The summed E-state index contributed by atoms with van der Waals surface area (Å²) in [6, 6.07) is 15.2. The summed E-state index contributed by atoms with van der Waals surface area (Å²) in [7, 11) is 1.61. The van der Waals surface area contributed by atoms with Gasteiger partial charge in [0.1, 0.15) is 29.9 Å². The number of rotatable bonds is 3. The molecule has 0 bridgehead atoms. The molecule has 0 fully saturated rings. The van der Waals surface area contributed by atoms with Crippen LogP contribution in [0.2, 0.25) is 0 Å². The van der Waals surface area contributed by atoms with Crippen molar-refractivity contribution in [3.63, 3.8) is 0 Å². The summed E-state index contributed by atoms with van der Waals surface area (Å²) < 4.78 is 21.2. The quantitative estimate of drug-likeness (QED) is 0.541. The molecule has 4 heterocycles. The first kappa shape index (κ1) is 14.9. The second kappa shape index (κ2) is 7.31. The molecule has 0 aliphatic carbocycles. The van der Waals surface area contributed by atoms with Crippen LogP contribution in [0.3, 0.4) is 0 Å². The second-order valence-corrected chi connectivity index (χ2v) is 6.77. The van der Waals surface area contributed by atoms with Crippen LogP contribution in [0.15, 0.2) is 91.3 Å². The zero-order valence-corrected chi connectivity index (χ0v) is 13.6. The molecule has 0 aliphatic heterocycles. The van der Waals surface area contributed by atoms with Crippen molar-refractivity contribution in [2.45, 2.75) is 0 Å². The van der Waals surface area contributed by atoms with Crippen LogP contribution in [0.25, 0.3) is 0 Å².